The van der Waals surface area contributed by atoms with Gasteiger partial charge >= 0.3 is 0 Å². The average molecular weight is 189 g/mol. The normalized spacial score (nSPS) is 10.5. The Labute approximate surface area is 84.9 Å². The molecule has 14 heavy (non-hydrogen) atoms. The maximum absolute atomic E-state index is 11.5. The molecule has 74 valence electrons. The van der Waals surface area contributed by atoms with Gasteiger partial charge in [0.25, 0.3) is 0 Å². The molecule has 0 radical (unpaired) electrons. The first-order valence-corrected chi connectivity index (χ1v) is 4.63. The number of aryl methyl sites for hydroxylation is 1. The van der Waals surface area contributed by atoms with Gasteiger partial charge in [0.15, 0.2) is 0 Å². The van der Waals surface area contributed by atoms with Crippen molar-refractivity contribution in [2.24, 2.45) is 0 Å². The lowest BCUT2D eigenvalue weighted by atomic mass is 10.2. The average Bonchev–Trinajstić information content (AvgIpc) is 2.18. The van der Waals surface area contributed by atoms with Crippen molar-refractivity contribution in [2.75, 3.05) is 11.9 Å². The molecule has 0 aliphatic carbocycles. The van der Waals surface area contributed by atoms with E-state index in [0.29, 0.717) is 0 Å². The number of hydrogen-bond acceptors (Lipinski definition) is 1. The Balaban J connectivity index is 2.95. The number of amides is 1. The van der Waals surface area contributed by atoms with Crippen LogP contribution in [0.3, 0.4) is 0 Å². The van der Waals surface area contributed by atoms with Gasteiger partial charge in [-0.05, 0) is 31.6 Å². The van der Waals surface area contributed by atoms with E-state index in [4.69, 9.17) is 0 Å². The van der Waals surface area contributed by atoms with Gasteiger partial charge in [-0.15, -0.1) is 0 Å². The van der Waals surface area contributed by atoms with Crippen LogP contribution in [0.15, 0.2) is 36.4 Å². The Bertz CT molecular complexity index is 355. The predicted octanol–water partition coefficient (Wildman–Crippen LogP) is 2.53. The third-order valence-corrected chi connectivity index (χ3v) is 2.12. The molecular weight excluding hydrogens is 174 g/mol. The lowest BCUT2D eigenvalue weighted by Crippen LogP contribution is -2.24. The van der Waals surface area contributed by atoms with Crippen molar-refractivity contribution in [3.8, 4) is 0 Å². The second-order valence-electron chi connectivity index (χ2n) is 3.18. The maximum Gasteiger partial charge on any atom is 0.250 e. The molecule has 2 nitrogen and oxygen atoms in total. The number of nitrogens with zero attached hydrogens (tertiary/aromatic N) is 1. The van der Waals surface area contributed by atoms with E-state index in [1.165, 1.54) is 0 Å². The Morgan fingerprint density at radius 3 is 2.57 bits per heavy atom. The highest BCUT2D eigenvalue weighted by Crippen LogP contribution is 2.17. The molecule has 0 saturated heterocycles. The number of rotatable bonds is 2. The third-order valence-electron chi connectivity index (χ3n) is 2.12. The quantitative estimate of drug-likeness (QED) is 0.655. The Hall–Kier alpha value is -1.57. The number of likely N-dealkylation sites (N-methyl/N-ethyl adjacent to an activating group) is 1. The van der Waals surface area contributed by atoms with Gasteiger partial charge in [0, 0.05) is 12.7 Å². The van der Waals surface area contributed by atoms with Gasteiger partial charge in [-0.3, -0.25) is 4.79 Å². The molecular formula is C12H15NO. The van der Waals surface area contributed by atoms with Gasteiger partial charge in [-0.2, -0.15) is 0 Å². The van der Waals surface area contributed by atoms with Crippen LogP contribution in [0, 0.1) is 6.92 Å². The smallest absolute Gasteiger partial charge is 0.250 e. The number of anilines is 1. The van der Waals surface area contributed by atoms with Gasteiger partial charge < -0.3 is 4.90 Å². The molecule has 0 fully saturated rings. The van der Waals surface area contributed by atoms with Crippen molar-refractivity contribution in [2.45, 2.75) is 13.8 Å². The molecule has 0 unspecified atom stereocenters. The van der Waals surface area contributed by atoms with Crippen LogP contribution in [0.4, 0.5) is 5.69 Å². The van der Waals surface area contributed by atoms with Crippen LogP contribution in [0.5, 0.6) is 0 Å². The van der Waals surface area contributed by atoms with Crippen LogP contribution in [-0.4, -0.2) is 13.0 Å². The predicted molar refractivity (Wildman–Crippen MR) is 59.4 cm³/mol. The molecule has 0 N–H and O–H groups in total. The van der Waals surface area contributed by atoms with Crippen LogP contribution >= 0.6 is 0 Å². The van der Waals surface area contributed by atoms with Crippen LogP contribution in [0.2, 0.25) is 0 Å². The number of para-hydroxylation sites is 1. The Morgan fingerprint density at radius 1 is 1.36 bits per heavy atom. The third kappa shape index (κ3) is 2.22. The molecule has 0 aliphatic rings. The summed E-state index contributed by atoms with van der Waals surface area (Å²) in [6.07, 6.45) is 3.31. The van der Waals surface area contributed by atoms with Gasteiger partial charge in [0.2, 0.25) is 5.91 Å². The lowest BCUT2D eigenvalue weighted by Gasteiger charge is -2.17. The van der Waals surface area contributed by atoms with Crippen molar-refractivity contribution >= 4 is 11.6 Å². The summed E-state index contributed by atoms with van der Waals surface area (Å²) >= 11 is 0. The van der Waals surface area contributed by atoms with Gasteiger partial charge in [-0.25, -0.2) is 0 Å². The van der Waals surface area contributed by atoms with E-state index in [0.717, 1.165) is 11.3 Å². The Kier molecular flexibility index (Phi) is 3.46. The van der Waals surface area contributed by atoms with E-state index in [9.17, 15) is 4.79 Å². The molecule has 1 amide bonds. The summed E-state index contributed by atoms with van der Waals surface area (Å²) in [5, 5.41) is 0. The molecule has 2 heteroatoms. The summed E-state index contributed by atoms with van der Waals surface area (Å²) in [4.78, 5) is 13.2. The second kappa shape index (κ2) is 4.61. The minimum Gasteiger partial charge on any atom is -0.312 e. The van der Waals surface area contributed by atoms with Crippen LogP contribution in [-0.2, 0) is 4.79 Å². The number of allylic oxidation sites excluding steroid dienone is 1. The molecule has 1 aromatic carbocycles. The molecule has 1 rings (SSSR count). The van der Waals surface area contributed by atoms with Crippen molar-refractivity contribution in [1.29, 1.82) is 0 Å². The minimum atomic E-state index is 0.00167. The van der Waals surface area contributed by atoms with E-state index in [2.05, 4.69) is 0 Å². The SMILES string of the molecule is C/C=C\C(=O)N(C)c1ccccc1C. The summed E-state index contributed by atoms with van der Waals surface area (Å²) in [5.41, 5.74) is 2.06. The van der Waals surface area contributed by atoms with Gasteiger partial charge in [-0.1, -0.05) is 24.3 Å². The van der Waals surface area contributed by atoms with Crippen LogP contribution in [0.25, 0.3) is 0 Å². The number of hydrogen-bond donors (Lipinski definition) is 0. The van der Waals surface area contributed by atoms with E-state index in [-0.39, 0.29) is 5.91 Å². The summed E-state index contributed by atoms with van der Waals surface area (Å²) in [6, 6.07) is 7.83. The first-order chi connectivity index (χ1) is 6.66. The monoisotopic (exact) mass is 189 g/mol. The zero-order valence-electron chi connectivity index (χ0n) is 8.82. The largest absolute Gasteiger partial charge is 0.312 e. The number of carbonyl (C=O) groups is 1. The minimum absolute atomic E-state index is 0.00167. The fourth-order valence-corrected chi connectivity index (χ4v) is 1.31. The van der Waals surface area contributed by atoms with E-state index < -0.39 is 0 Å². The summed E-state index contributed by atoms with van der Waals surface area (Å²) in [7, 11) is 1.78. The van der Waals surface area contributed by atoms with Gasteiger partial charge in [0.1, 0.15) is 0 Å². The van der Waals surface area contributed by atoms with Crippen LogP contribution < -0.4 is 4.90 Å². The standard InChI is InChI=1S/C12H15NO/c1-4-7-12(14)13(3)11-9-6-5-8-10(11)2/h4-9H,1-3H3/b7-4-. The molecule has 0 saturated carbocycles. The fourth-order valence-electron chi connectivity index (χ4n) is 1.31. The summed E-state index contributed by atoms with van der Waals surface area (Å²) in [6.45, 7) is 3.83. The van der Waals surface area contributed by atoms with Crippen molar-refractivity contribution in [1.82, 2.24) is 0 Å². The summed E-state index contributed by atoms with van der Waals surface area (Å²) in [5.74, 6) is 0.00167. The molecule has 0 heterocycles. The first-order valence-electron chi connectivity index (χ1n) is 4.63. The van der Waals surface area contributed by atoms with Crippen molar-refractivity contribution in [3.63, 3.8) is 0 Å². The topological polar surface area (TPSA) is 20.3 Å². The Morgan fingerprint density at radius 2 is 2.00 bits per heavy atom. The highest BCUT2D eigenvalue weighted by atomic mass is 16.2. The van der Waals surface area contributed by atoms with E-state index >= 15 is 0 Å². The molecule has 0 aromatic heterocycles. The highest BCUT2D eigenvalue weighted by Gasteiger charge is 2.08. The first kappa shape index (κ1) is 10.5. The zero-order valence-corrected chi connectivity index (χ0v) is 8.82. The van der Waals surface area contributed by atoms with Crippen molar-refractivity contribution < 1.29 is 4.79 Å². The second-order valence-corrected chi connectivity index (χ2v) is 3.18. The molecule has 0 aliphatic heterocycles. The lowest BCUT2D eigenvalue weighted by molar-refractivity contribution is -0.113. The fraction of sp³-hybridized carbons (Fsp3) is 0.250. The number of carbonyl (C=O) groups excluding carboxylic acids is 1. The molecule has 0 atom stereocenters. The number of benzene rings is 1. The maximum atomic E-state index is 11.5. The molecule has 0 bridgehead atoms. The molecule has 1 aromatic rings. The summed E-state index contributed by atoms with van der Waals surface area (Å²) < 4.78 is 0. The van der Waals surface area contributed by atoms with Crippen LogP contribution in [0.1, 0.15) is 12.5 Å². The highest BCUT2D eigenvalue weighted by molar-refractivity contribution is 6.01. The zero-order chi connectivity index (χ0) is 10.6. The molecule has 0 spiro atoms. The van der Waals surface area contributed by atoms with E-state index in [1.54, 1.807) is 24.1 Å². The van der Waals surface area contributed by atoms with Crippen molar-refractivity contribution in [3.05, 3.63) is 42.0 Å². The van der Waals surface area contributed by atoms with Gasteiger partial charge in [0.05, 0.1) is 0 Å². The van der Waals surface area contributed by atoms with E-state index in [1.807, 2.05) is 38.1 Å².